The summed E-state index contributed by atoms with van der Waals surface area (Å²) in [5, 5.41) is 0.636. The minimum Gasteiger partial charge on any atom is -0.480 e. The Hall–Kier alpha value is -1.52. The number of halogens is 1. The largest absolute Gasteiger partial charge is 0.480 e. The van der Waals surface area contributed by atoms with Crippen molar-refractivity contribution in [1.82, 2.24) is 4.90 Å². The van der Waals surface area contributed by atoms with E-state index in [2.05, 4.69) is 6.58 Å². The van der Waals surface area contributed by atoms with E-state index in [-0.39, 0.29) is 5.91 Å². The molecule has 0 unspecified atom stereocenters. The lowest BCUT2D eigenvalue weighted by Crippen LogP contribution is -2.47. The van der Waals surface area contributed by atoms with E-state index < -0.39 is 6.10 Å². The first-order valence-electron chi connectivity index (χ1n) is 6.60. The van der Waals surface area contributed by atoms with Crippen molar-refractivity contribution < 1.29 is 14.3 Å². The van der Waals surface area contributed by atoms with Crippen LogP contribution in [0.5, 0.6) is 5.75 Å². The fraction of sp³-hybridized carbons (Fsp3) is 0.400. The lowest BCUT2D eigenvalue weighted by Gasteiger charge is -2.30. The normalized spacial score (nSPS) is 16.6. The Morgan fingerprint density at radius 3 is 2.65 bits per heavy atom. The maximum atomic E-state index is 12.4. The monoisotopic (exact) mass is 295 g/mol. The van der Waals surface area contributed by atoms with Crippen molar-refractivity contribution in [1.29, 1.82) is 0 Å². The standard InChI is InChI=1S/C15H18ClNO3/c1-2-3-14(15(18)17-8-10-19-11-9-17)20-13-6-4-12(16)5-7-13/h2,4-7,14H,1,3,8-11H2/t14-/m0/s1. The van der Waals surface area contributed by atoms with E-state index in [1.54, 1.807) is 35.2 Å². The molecule has 1 heterocycles. The molecular formula is C15H18ClNO3. The second-order valence-electron chi connectivity index (χ2n) is 4.52. The minimum absolute atomic E-state index is 0.0249. The average molecular weight is 296 g/mol. The van der Waals surface area contributed by atoms with E-state index in [0.29, 0.717) is 43.5 Å². The molecule has 4 nitrogen and oxygen atoms in total. The quantitative estimate of drug-likeness (QED) is 0.784. The van der Waals surface area contributed by atoms with Crippen LogP contribution in [0.1, 0.15) is 6.42 Å². The molecule has 1 aliphatic rings. The zero-order chi connectivity index (χ0) is 14.4. The summed E-state index contributed by atoms with van der Waals surface area (Å²) in [5.74, 6) is 0.603. The van der Waals surface area contributed by atoms with Crippen molar-refractivity contribution in [3.05, 3.63) is 41.9 Å². The molecule has 0 aromatic heterocycles. The van der Waals surface area contributed by atoms with E-state index in [1.165, 1.54) is 0 Å². The van der Waals surface area contributed by atoms with Crippen LogP contribution in [0.4, 0.5) is 0 Å². The fourth-order valence-corrected chi connectivity index (χ4v) is 2.14. The van der Waals surface area contributed by atoms with Crippen LogP contribution in [0.25, 0.3) is 0 Å². The number of carbonyl (C=O) groups is 1. The van der Waals surface area contributed by atoms with Gasteiger partial charge in [0, 0.05) is 24.5 Å². The van der Waals surface area contributed by atoms with Gasteiger partial charge in [-0.1, -0.05) is 17.7 Å². The van der Waals surface area contributed by atoms with Crippen molar-refractivity contribution in [2.24, 2.45) is 0 Å². The maximum absolute atomic E-state index is 12.4. The molecule has 0 bridgehead atoms. The van der Waals surface area contributed by atoms with Gasteiger partial charge in [-0.25, -0.2) is 0 Å². The Labute approximate surface area is 123 Å². The third-order valence-corrected chi connectivity index (χ3v) is 3.32. The molecule has 0 spiro atoms. The summed E-state index contributed by atoms with van der Waals surface area (Å²) < 4.78 is 11.0. The molecule has 108 valence electrons. The number of carbonyl (C=O) groups excluding carboxylic acids is 1. The Kier molecular flexibility index (Phi) is 5.44. The van der Waals surface area contributed by atoms with Crippen LogP contribution in [0.3, 0.4) is 0 Å². The van der Waals surface area contributed by atoms with E-state index in [4.69, 9.17) is 21.1 Å². The zero-order valence-corrected chi connectivity index (χ0v) is 12.0. The average Bonchev–Trinajstić information content (AvgIpc) is 2.49. The van der Waals surface area contributed by atoms with Gasteiger partial charge in [-0.2, -0.15) is 0 Å². The molecular weight excluding hydrogens is 278 g/mol. The van der Waals surface area contributed by atoms with E-state index in [1.807, 2.05) is 0 Å². The summed E-state index contributed by atoms with van der Waals surface area (Å²) in [6, 6.07) is 6.98. The minimum atomic E-state index is -0.549. The zero-order valence-electron chi connectivity index (χ0n) is 11.3. The Morgan fingerprint density at radius 1 is 1.40 bits per heavy atom. The van der Waals surface area contributed by atoms with Crippen molar-refractivity contribution in [2.45, 2.75) is 12.5 Å². The molecule has 5 heteroatoms. The lowest BCUT2D eigenvalue weighted by atomic mass is 10.2. The van der Waals surface area contributed by atoms with E-state index in [0.717, 1.165) is 0 Å². The van der Waals surface area contributed by atoms with Crippen LogP contribution < -0.4 is 4.74 Å². The predicted octanol–water partition coefficient (Wildman–Crippen LogP) is 2.52. The molecule has 2 rings (SSSR count). The highest BCUT2D eigenvalue weighted by atomic mass is 35.5. The lowest BCUT2D eigenvalue weighted by molar-refractivity contribution is -0.142. The summed E-state index contributed by atoms with van der Waals surface area (Å²) in [4.78, 5) is 14.2. The summed E-state index contributed by atoms with van der Waals surface area (Å²) in [7, 11) is 0. The maximum Gasteiger partial charge on any atom is 0.264 e. The molecule has 1 aromatic rings. The van der Waals surface area contributed by atoms with Gasteiger partial charge in [0.2, 0.25) is 0 Å². The second kappa shape index (κ2) is 7.31. The van der Waals surface area contributed by atoms with Crippen LogP contribution in [-0.2, 0) is 9.53 Å². The molecule has 0 radical (unpaired) electrons. The first-order chi connectivity index (χ1) is 9.70. The van der Waals surface area contributed by atoms with E-state index >= 15 is 0 Å². The van der Waals surface area contributed by atoms with Crippen LogP contribution in [0, 0.1) is 0 Å². The Bertz CT molecular complexity index is 455. The van der Waals surface area contributed by atoms with Crippen LogP contribution >= 0.6 is 11.6 Å². The van der Waals surface area contributed by atoms with Gasteiger partial charge in [-0.05, 0) is 24.3 Å². The Balaban J connectivity index is 2.03. The number of amides is 1. The molecule has 1 amide bonds. The number of benzene rings is 1. The number of nitrogens with zero attached hydrogens (tertiary/aromatic N) is 1. The molecule has 0 saturated carbocycles. The van der Waals surface area contributed by atoms with Gasteiger partial charge in [-0.3, -0.25) is 4.79 Å². The van der Waals surface area contributed by atoms with Crippen molar-refractivity contribution >= 4 is 17.5 Å². The highest BCUT2D eigenvalue weighted by Crippen LogP contribution is 2.19. The molecule has 0 N–H and O–H groups in total. The number of hydrogen-bond donors (Lipinski definition) is 0. The highest BCUT2D eigenvalue weighted by Gasteiger charge is 2.26. The van der Waals surface area contributed by atoms with Crippen molar-refractivity contribution in [3.63, 3.8) is 0 Å². The summed E-state index contributed by atoms with van der Waals surface area (Å²) >= 11 is 5.83. The molecule has 1 fully saturated rings. The topological polar surface area (TPSA) is 38.8 Å². The van der Waals surface area contributed by atoms with Crippen molar-refractivity contribution in [2.75, 3.05) is 26.3 Å². The second-order valence-corrected chi connectivity index (χ2v) is 4.96. The molecule has 20 heavy (non-hydrogen) atoms. The first-order valence-corrected chi connectivity index (χ1v) is 6.98. The number of morpholine rings is 1. The highest BCUT2D eigenvalue weighted by molar-refractivity contribution is 6.30. The van der Waals surface area contributed by atoms with Gasteiger partial charge in [0.25, 0.3) is 5.91 Å². The number of ether oxygens (including phenoxy) is 2. The van der Waals surface area contributed by atoms with Gasteiger partial charge in [-0.15, -0.1) is 6.58 Å². The van der Waals surface area contributed by atoms with Crippen LogP contribution in [-0.4, -0.2) is 43.2 Å². The summed E-state index contributed by atoms with van der Waals surface area (Å²) in [6.07, 6.45) is 1.62. The molecule has 1 aliphatic heterocycles. The Morgan fingerprint density at radius 2 is 2.05 bits per heavy atom. The van der Waals surface area contributed by atoms with Crippen LogP contribution in [0.15, 0.2) is 36.9 Å². The van der Waals surface area contributed by atoms with Gasteiger partial charge in [0.1, 0.15) is 5.75 Å². The molecule has 1 atom stereocenters. The third kappa shape index (κ3) is 3.99. The van der Waals surface area contributed by atoms with Crippen molar-refractivity contribution in [3.8, 4) is 5.75 Å². The molecule has 1 saturated heterocycles. The number of hydrogen-bond acceptors (Lipinski definition) is 3. The SMILES string of the molecule is C=CC[C@H](Oc1ccc(Cl)cc1)C(=O)N1CCOCC1. The first kappa shape index (κ1) is 14.9. The van der Waals surface area contributed by atoms with Gasteiger partial charge < -0.3 is 14.4 Å². The predicted molar refractivity (Wildman–Crippen MR) is 78.1 cm³/mol. The molecule has 1 aromatic carbocycles. The summed E-state index contributed by atoms with van der Waals surface area (Å²) in [5.41, 5.74) is 0. The number of rotatable bonds is 5. The fourth-order valence-electron chi connectivity index (χ4n) is 2.02. The van der Waals surface area contributed by atoms with Gasteiger partial charge >= 0.3 is 0 Å². The van der Waals surface area contributed by atoms with Gasteiger partial charge in [0.15, 0.2) is 6.10 Å². The van der Waals surface area contributed by atoms with Gasteiger partial charge in [0.05, 0.1) is 13.2 Å². The van der Waals surface area contributed by atoms with E-state index in [9.17, 15) is 4.79 Å². The molecule has 0 aliphatic carbocycles. The van der Waals surface area contributed by atoms with Crippen LogP contribution in [0.2, 0.25) is 5.02 Å². The smallest absolute Gasteiger partial charge is 0.264 e. The third-order valence-electron chi connectivity index (χ3n) is 3.07. The summed E-state index contributed by atoms with van der Waals surface area (Å²) in [6.45, 7) is 6.06.